The van der Waals surface area contributed by atoms with Gasteiger partial charge in [-0.15, -0.1) is 11.3 Å². The molecular weight excluding hydrogens is 308 g/mol. The number of carbonyl (C=O) groups excluding carboxylic acids is 1. The maximum Gasteiger partial charge on any atom is 0.236 e. The number of carbonyl (C=O) groups is 1. The maximum absolute atomic E-state index is 11.9. The van der Waals surface area contributed by atoms with Crippen LogP contribution in [0.5, 0.6) is 0 Å². The highest BCUT2D eigenvalue weighted by atomic mass is 32.2. The third-order valence-corrected chi connectivity index (χ3v) is 5.08. The topological polar surface area (TPSA) is 80.9 Å². The predicted octanol–water partition coefficient (Wildman–Crippen LogP) is 3.03. The zero-order valence-electron chi connectivity index (χ0n) is 11.4. The van der Waals surface area contributed by atoms with Gasteiger partial charge in [-0.1, -0.05) is 16.9 Å². The van der Waals surface area contributed by atoms with Gasteiger partial charge in [0.15, 0.2) is 5.82 Å². The van der Waals surface area contributed by atoms with Crippen LogP contribution in [0.3, 0.4) is 0 Å². The van der Waals surface area contributed by atoms with Crippen molar-refractivity contribution in [2.45, 2.75) is 18.9 Å². The molecule has 0 spiro atoms. The normalized spacial score (nSPS) is 11.0. The lowest BCUT2D eigenvalue weighted by atomic mass is 10.2. The summed E-state index contributed by atoms with van der Waals surface area (Å²) < 4.78 is 4.66. The average Bonchev–Trinajstić information content (AvgIpc) is 3.06. The minimum absolute atomic E-state index is 0.148. The molecule has 0 atom stereocenters. The largest absolute Gasteiger partial charge is 0.363 e. The first-order valence-corrected chi connectivity index (χ1v) is 7.99. The Labute approximate surface area is 129 Å². The summed E-state index contributed by atoms with van der Waals surface area (Å²) >= 11 is 3.04. The van der Waals surface area contributed by atoms with Crippen LogP contribution in [0.1, 0.15) is 10.4 Å². The van der Waals surface area contributed by atoms with E-state index in [1.54, 1.807) is 17.4 Å². The summed E-state index contributed by atoms with van der Waals surface area (Å²) in [5, 5.41) is 8.16. The van der Waals surface area contributed by atoms with Crippen molar-refractivity contribution >= 4 is 45.0 Å². The lowest BCUT2D eigenvalue weighted by Crippen LogP contribution is -2.14. The second-order valence-electron chi connectivity index (χ2n) is 4.36. The molecule has 0 saturated heterocycles. The number of rotatable bonds is 4. The highest BCUT2D eigenvalue weighted by Gasteiger charge is 2.14. The fourth-order valence-corrected chi connectivity index (χ4v) is 3.77. The molecule has 0 unspecified atom stereocenters. The molecular formula is C13H12N4O2S2. The van der Waals surface area contributed by atoms with Gasteiger partial charge in [0.1, 0.15) is 22.4 Å². The first kappa shape index (κ1) is 14.0. The van der Waals surface area contributed by atoms with E-state index in [1.807, 2.05) is 0 Å². The van der Waals surface area contributed by atoms with Gasteiger partial charge in [-0.25, -0.2) is 9.97 Å². The van der Waals surface area contributed by atoms with E-state index in [9.17, 15) is 4.79 Å². The van der Waals surface area contributed by atoms with Crippen molar-refractivity contribution in [1.82, 2.24) is 15.1 Å². The number of aryl methyl sites for hydroxylation is 2. The van der Waals surface area contributed by atoms with Gasteiger partial charge in [-0.2, -0.15) is 0 Å². The van der Waals surface area contributed by atoms with Gasteiger partial charge in [-0.3, -0.25) is 4.79 Å². The number of hydrogen-bond donors (Lipinski definition) is 1. The van der Waals surface area contributed by atoms with Gasteiger partial charge in [0.25, 0.3) is 0 Å². The van der Waals surface area contributed by atoms with Gasteiger partial charge in [0.05, 0.1) is 5.75 Å². The molecule has 0 fully saturated rings. The molecule has 3 rings (SSSR count). The Bertz CT molecular complexity index is 783. The predicted molar refractivity (Wildman–Crippen MR) is 82.7 cm³/mol. The maximum atomic E-state index is 11.9. The molecule has 21 heavy (non-hydrogen) atoms. The van der Waals surface area contributed by atoms with Crippen molar-refractivity contribution < 1.29 is 9.32 Å². The highest BCUT2D eigenvalue weighted by Crippen LogP contribution is 2.34. The molecule has 1 N–H and O–H groups in total. The van der Waals surface area contributed by atoms with Crippen molar-refractivity contribution in [3.63, 3.8) is 0 Å². The van der Waals surface area contributed by atoms with Crippen molar-refractivity contribution in [2.24, 2.45) is 0 Å². The fraction of sp³-hybridized carbons (Fsp3) is 0.231. The second kappa shape index (κ2) is 5.82. The monoisotopic (exact) mass is 320 g/mol. The lowest BCUT2D eigenvalue weighted by Gasteiger charge is -2.03. The third kappa shape index (κ3) is 2.91. The first-order valence-electron chi connectivity index (χ1n) is 6.19. The Morgan fingerprint density at radius 1 is 1.43 bits per heavy atom. The van der Waals surface area contributed by atoms with E-state index in [1.165, 1.54) is 34.8 Å². The van der Waals surface area contributed by atoms with Crippen molar-refractivity contribution in [3.8, 4) is 0 Å². The number of nitrogens with zero attached hydrogens (tertiary/aromatic N) is 3. The summed E-state index contributed by atoms with van der Waals surface area (Å²) in [6.45, 7) is 4.12. The Morgan fingerprint density at radius 2 is 2.29 bits per heavy atom. The number of fused-ring (bicyclic) bond motifs is 1. The van der Waals surface area contributed by atoms with Gasteiger partial charge in [0.2, 0.25) is 5.91 Å². The van der Waals surface area contributed by atoms with Gasteiger partial charge < -0.3 is 9.84 Å². The molecule has 8 heteroatoms. The SMILES string of the molecule is Cc1sc2ncnc(SCC(=O)Nc3ccon3)c2c1C. The smallest absolute Gasteiger partial charge is 0.236 e. The molecule has 0 aliphatic heterocycles. The standard InChI is InChI=1S/C13H12N4O2S2/c1-7-8(2)21-13-11(7)12(14-6-15-13)20-5-10(18)16-9-3-4-19-17-9/h3-4,6H,5H2,1-2H3,(H,16,17,18). The summed E-state index contributed by atoms with van der Waals surface area (Å²) in [5.74, 6) is 0.522. The van der Waals surface area contributed by atoms with Gasteiger partial charge >= 0.3 is 0 Å². The molecule has 0 aromatic carbocycles. The number of hydrogen-bond acceptors (Lipinski definition) is 7. The van der Waals surface area contributed by atoms with Crippen LogP contribution >= 0.6 is 23.1 Å². The van der Waals surface area contributed by atoms with Crippen LogP contribution in [-0.2, 0) is 4.79 Å². The van der Waals surface area contributed by atoms with Crippen LogP contribution in [0, 0.1) is 13.8 Å². The highest BCUT2D eigenvalue weighted by molar-refractivity contribution is 8.00. The third-order valence-electron chi connectivity index (χ3n) is 2.98. The Hall–Kier alpha value is -1.93. The molecule has 0 radical (unpaired) electrons. The molecule has 3 aromatic rings. The van der Waals surface area contributed by atoms with E-state index in [0.29, 0.717) is 5.82 Å². The molecule has 1 amide bonds. The molecule has 108 valence electrons. The molecule has 0 bridgehead atoms. The average molecular weight is 320 g/mol. The molecule has 0 aliphatic carbocycles. The van der Waals surface area contributed by atoms with Crippen molar-refractivity contribution in [1.29, 1.82) is 0 Å². The van der Waals surface area contributed by atoms with E-state index in [2.05, 4.69) is 38.8 Å². The second-order valence-corrected chi connectivity index (χ2v) is 6.53. The van der Waals surface area contributed by atoms with E-state index in [0.717, 1.165) is 15.2 Å². The summed E-state index contributed by atoms with van der Waals surface area (Å²) in [4.78, 5) is 22.6. The van der Waals surface area contributed by atoms with Crippen LogP contribution in [0.15, 0.2) is 28.2 Å². The first-order chi connectivity index (χ1) is 10.1. The minimum Gasteiger partial charge on any atom is -0.363 e. The van der Waals surface area contributed by atoms with Crippen LogP contribution in [0.25, 0.3) is 10.2 Å². The Balaban J connectivity index is 1.75. The van der Waals surface area contributed by atoms with Gasteiger partial charge in [0, 0.05) is 16.3 Å². The van der Waals surface area contributed by atoms with E-state index in [-0.39, 0.29) is 11.7 Å². The summed E-state index contributed by atoms with van der Waals surface area (Å²) in [6, 6.07) is 1.60. The van der Waals surface area contributed by atoms with Crippen LogP contribution in [-0.4, -0.2) is 26.8 Å². The zero-order chi connectivity index (χ0) is 14.8. The number of nitrogens with one attached hydrogen (secondary N) is 1. The number of anilines is 1. The van der Waals surface area contributed by atoms with Crippen molar-refractivity contribution in [2.75, 3.05) is 11.1 Å². The molecule has 3 aromatic heterocycles. The molecule has 3 heterocycles. The summed E-state index contributed by atoms with van der Waals surface area (Å²) in [6.07, 6.45) is 2.95. The van der Waals surface area contributed by atoms with Crippen LogP contribution in [0.2, 0.25) is 0 Å². The molecule has 0 aliphatic rings. The lowest BCUT2D eigenvalue weighted by molar-refractivity contribution is -0.113. The minimum atomic E-state index is -0.148. The number of aromatic nitrogens is 3. The Morgan fingerprint density at radius 3 is 3.05 bits per heavy atom. The Kier molecular flexibility index (Phi) is 3.89. The number of thioether (sulfide) groups is 1. The quantitative estimate of drug-likeness (QED) is 0.588. The van der Waals surface area contributed by atoms with E-state index < -0.39 is 0 Å². The number of thiophene rings is 1. The van der Waals surface area contributed by atoms with E-state index in [4.69, 9.17) is 0 Å². The molecule has 0 saturated carbocycles. The summed E-state index contributed by atoms with van der Waals surface area (Å²) in [7, 11) is 0. The summed E-state index contributed by atoms with van der Waals surface area (Å²) in [5.41, 5.74) is 1.18. The fourth-order valence-electron chi connectivity index (χ4n) is 1.85. The van der Waals surface area contributed by atoms with Crippen LogP contribution in [0.4, 0.5) is 5.82 Å². The molecule has 6 nitrogen and oxygen atoms in total. The van der Waals surface area contributed by atoms with Gasteiger partial charge in [-0.05, 0) is 19.4 Å². The number of amides is 1. The van der Waals surface area contributed by atoms with E-state index >= 15 is 0 Å². The van der Waals surface area contributed by atoms with Crippen molar-refractivity contribution in [3.05, 3.63) is 29.1 Å². The van der Waals surface area contributed by atoms with Crippen LogP contribution < -0.4 is 5.32 Å². The zero-order valence-corrected chi connectivity index (χ0v) is 13.0.